The van der Waals surface area contributed by atoms with Crippen LogP contribution in [-0.4, -0.2) is 42.4 Å². The van der Waals surface area contributed by atoms with Crippen molar-refractivity contribution in [3.63, 3.8) is 0 Å². The van der Waals surface area contributed by atoms with E-state index in [-0.39, 0.29) is 17.9 Å². The topological polar surface area (TPSA) is 75.4 Å². The number of carbonyl (C=O) groups is 2. The normalized spacial score (nSPS) is 21.2. The summed E-state index contributed by atoms with van der Waals surface area (Å²) in [5.74, 6) is 1.06. The molecule has 3 N–H and O–H groups in total. The fourth-order valence-corrected chi connectivity index (χ4v) is 4.62. The second-order valence-electron chi connectivity index (χ2n) is 8.49. The highest BCUT2D eigenvalue weighted by molar-refractivity contribution is 5.87. The Morgan fingerprint density at radius 2 is 1.63 bits per heavy atom. The van der Waals surface area contributed by atoms with E-state index in [4.69, 9.17) is 5.73 Å². The molecule has 0 radical (unpaired) electrons. The summed E-state index contributed by atoms with van der Waals surface area (Å²) in [6, 6.07) is -0.245. The second-order valence-corrected chi connectivity index (χ2v) is 8.49. The monoisotopic (exact) mass is 379 g/mol. The summed E-state index contributed by atoms with van der Waals surface area (Å²) in [5, 5.41) is 3.06. The quantitative estimate of drug-likeness (QED) is 0.537. The van der Waals surface area contributed by atoms with Crippen molar-refractivity contribution in [3.05, 3.63) is 0 Å². The molecule has 0 aromatic carbocycles. The highest BCUT2D eigenvalue weighted by Gasteiger charge is 2.31. The number of carbonyl (C=O) groups excluding carboxylic acids is 2. The standard InChI is InChI=1S/C22H41N3O2/c23-16-7-1-2-8-17-24-22(27)20-14-6-9-18-25(20)21(26)15-10-13-19-11-4-3-5-12-19/h19-20H,1-18,23H2,(H,24,27). The van der Waals surface area contributed by atoms with Crippen molar-refractivity contribution >= 4 is 11.8 Å². The first kappa shape index (κ1) is 22.2. The molecule has 0 aromatic heterocycles. The van der Waals surface area contributed by atoms with Gasteiger partial charge in [0.1, 0.15) is 6.04 Å². The molecule has 27 heavy (non-hydrogen) atoms. The van der Waals surface area contributed by atoms with Crippen LogP contribution in [0.15, 0.2) is 0 Å². The first-order valence-corrected chi connectivity index (χ1v) is 11.5. The summed E-state index contributed by atoms with van der Waals surface area (Å²) < 4.78 is 0. The molecule has 1 aliphatic carbocycles. The van der Waals surface area contributed by atoms with Gasteiger partial charge >= 0.3 is 0 Å². The van der Waals surface area contributed by atoms with E-state index < -0.39 is 0 Å². The fraction of sp³-hybridized carbons (Fsp3) is 0.909. The predicted octanol–water partition coefficient (Wildman–Crippen LogP) is 3.75. The Labute approximate surface area is 165 Å². The maximum absolute atomic E-state index is 12.7. The third kappa shape index (κ3) is 8.20. The molecule has 0 spiro atoms. The molecular weight excluding hydrogens is 338 g/mol. The van der Waals surface area contributed by atoms with Gasteiger partial charge in [0.25, 0.3) is 0 Å². The maximum atomic E-state index is 12.7. The van der Waals surface area contributed by atoms with Gasteiger partial charge in [0.05, 0.1) is 0 Å². The predicted molar refractivity (Wildman–Crippen MR) is 110 cm³/mol. The molecule has 1 saturated carbocycles. The molecule has 0 aromatic rings. The smallest absolute Gasteiger partial charge is 0.242 e. The largest absolute Gasteiger partial charge is 0.354 e. The number of piperidine rings is 1. The Morgan fingerprint density at radius 1 is 0.889 bits per heavy atom. The number of unbranched alkanes of at least 4 members (excludes halogenated alkanes) is 3. The van der Waals surface area contributed by atoms with Gasteiger partial charge in [-0.1, -0.05) is 44.9 Å². The molecule has 5 heteroatoms. The third-order valence-corrected chi connectivity index (χ3v) is 6.28. The van der Waals surface area contributed by atoms with E-state index in [0.29, 0.717) is 13.0 Å². The highest BCUT2D eigenvalue weighted by Crippen LogP contribution is 2.28. The van der Waals surface area contributed by atoms with Crippen molar-refractivity contribution in [2.45, 2.75) is 102 Å². The molecule has 1 unspecified atom stereocenters. The average molecular weight is 380 g/mol. The average Bonchev–Trinajstić information content (AvgIpc) is 2.71. The van der Waals surface area contributed by atoms with Crippen LogP contribution >= 0.6 is 0 Å². The number of nitrogens with zero attached hydrogens (tertiary/aromatic N) is 1. The van der Waals surface area contributed by atoms with Crippen LogP contribution in [0.5, 0.6) is 0 Å². The minimum atomic E-state index is -0.245. The van der Waals surface area contributed by atoms with Gasteiger partial charge < -0.3 is 16.0 Å². The number of amides is 2. The van der Waals surface area contributed by atoms with Crippen LogP contribution in [0, 0.1) is 5.92 Å². The van der Waals surface area contributed by atoms with E-state index in [0.717, 1.165) is 70.4 Å². The first-order valence-electron chi connectivity index (χ1n) is 11.5. The molecular formula is C22H41N3O2. The number of rotatable bonds is 11. The van der Waals surface area contributed by atoms with Crippen molar-refractivity contribution in [2.24, 2.45) is 11.7 Å². The number of likely N-dealkylation sites (tertiary alicyclic amines) is 1. The number of hydrogen-bond acceptors (Lipinski definition) is 3. The summed E-state index contributed by atoms with van der Waals surface area (Å²) >= 11 is 0. The first-order chi connectivity index (χ1) is 13.2. The highest BCUT2D eigenvalue weighted by atomic mass is 16.2. The Morgan fingerprint density at radius 3 is 2.41 bits per heavy atom. The SMILES string of the molecule is NCCCCCCNC(=O)C1CCCCN1C(=O)CCCC1CCCCC1. The van der Waals surface area contributed by atoms with Gasteiger partial charge in [-0.2, -0.15) is 0 Å². The lowest BCUT2D eigenvalue weighted by Gasteiger charge is -2.35. The molecule has 2 rings (SSSR count). The summed E-state index contributed by atoms with van der Waals surface area (Å²) in [6.45, 7) is 2.20. The molecule has 2 aliphatic rings. The van der Waals surface area contributed by atoms with Crippen molar-refractivity contribution in [3.8, 4) is 0 Å². The summed E-state index contributed by atoms with van der Waals surface area (Å²) in [5.41, 5.74) is 5.50. The number of nitrogens with two attached hydrogens (primary N) is 1. The zero-order chi connectivity index (χ0) is 19.3. The minimum Gasteiger partial charge on any atom is -0.354 e. The van der Waals surface area contributed by atoms with E-state index >= 15 is 0 Å². The Hall–Kier alpha value is -1.10. The fourth-order valence-electron chi connectivity index (χ4n) is 4.62. The molecule has 2 fully saturated rings. The van der Waals surface area contributed by atoms with Gasteiger partial charge in [0, 0.05) is 19.5 Å². The van der Waals surface area contributed by atoms with Crippen LogP contribution in [0.4, 0.5) is 0 Å². The Bertz CT molecular complexity index is 435. The molecule has 1 aliphatic heterocycles. The minimum absolute atomic E-state index is 0.0501. The lowest BCUT2D eigenvalue weighted by Crippen LogP contribution is -2.52. The molecule has 2 amide bonds. The van der Waals surface area contributed by atoms with Crippen LogP contribution in [-0.2, 0) is 9.59 Å². The van der Waals surface area contributed by atoms with Crippen LogP contribution in [0.2, 0.25) is 0 Å². The lowest BCUT2D eigenvalue weighted by atomic mass is 9.85. The molecule has 1 saturated heterocycles. The molecule has 0 bridgehead atoms. The Balaban J connectivity index is 1.68. The third-order valence-electron chi connectivity index (χ3n) is 6.28. The van der Waals surface area contributed by atoms with Gasteiger partial charge in [-0.05, 0) is 57.4 Å². The zero-order valence-corrected chi connectivity index (χ0v) is 17.2. The maximum Gasteiger partial charge on any atom is 0.242 e. The van der Waals surface area contributed by atoms with Gasteiger partial charge in [-0.15, -0.1) is 0 Å². The van der Waals surface area contributed by atoms with E-state index in [9.17, 15) is 9.59 Å². The number of nitrogens with one attached hydrogen (secondary N) is 1. The summed E-state index contributed by atoms with van der Waals surface area (Å²) in [6.07, 6.45) is 16.7. The van der Waals surface area contributed by atoms with Crippen molar-refractivity contribution in [1.82, 2.24) is 10.2 Å². The van der Waals surface area contributed by atoms with Crippen molar-refractivity contribution in [2.75, 3.05) is 19.6 Å². The van der Waals surface area contributed by atoms with Gasteiger partial charge in [-0.3, -0.25) is 9.59 Å². The van der Waals surface area contributed by atoms with E-state index in [1.165, 1.54) is 38.5 Å². The van der Waals surface area contributed by atoms with Gasteiger partial charge in [0.2, 0.25) is 11.8 Å². The van der Waals surface area contributed by atoms with Crippen LogP contribution in [0.25, 0.3) is 0 Å². The van der Waals surface area contributed by atoms with E-state index in [1.54, 1.807) is 0 Å². The van der Waals surface area contributed by atoms with E-state index in [2.05, 4.69) is 5.32 Å². The number of hydrogen-bond donors (Lipinski definition) is 2. The van der Waals surface area contributed by atoms with Crippen molar-refractivity contribution < 1.29 is 9.59 Å². The van der Waals surface area contributed by atoms with Gasteiger partial charge in [0.15, 0.2) is 0 Å². The van der Waals surface area contributed by atoms with E-state index in [1.807, 2.05) is 4.90 Å². The Kier molecular flexibility index (Phi) is 10.8. The molecule has 5 nitrogen and oxygen atoms in total. The van der Waals surface area contributed by atoms with Gasteiger partial charge in [-0.25, -0.2) is 0 Å². The zero-order valence-electron chi connectivity index (χ0n) is 17.2. The molecule has 1 atom stereocenters. The lowest BCUT2D eigenvalue weighted by molar-refractivity contribution is -0.142. The summed E-state index contributed by atoms with van der Waals surface area (Å²) in [4.78, 5) is 27.2. The molecule has 1 heterocycles. The second kappa shape index (κ2) is 13.1. The molecule has 156 valence electrons. The van der Waals surface area contributed by atoms with Crippen LogP contribution < -0.4 is 11.1 Å². The van der Waals surface area contributed by atoms with Crippen LogP contribution in [0.3, 0.4) is 0 Å². The van der Waals surface area contributed by atoms with Crippen molar-refractivity contribution in [1.29, 1.82) is 0 Å². The van der Waals surface area contributed by atoms with Crippen LogP contribution in [0.1, 0.15) is 96.3 Å². The summed E-state index contributed by atoms with van der Waals surface area (Å²) in [7, 11) is 0.